The molecule has 1 aromatic rings. The first-order valence-corrected chi connectivity index (χ1v) is 6.86. The Morgan fingerprint density at radius 1 is 1.22 bits per heavy atom. The molecule has 0 saturated carbocycles. The number of hydrogen-bond donors (Lipinski definition) is 1. The van der Waals surface area contributed by atoms with Crippen molar-refractivity contribution in [2.75, 3.05) is 6.54 Å². The maximum Gasteiger partial charge on any atom is 0.406 e. The summed E-state index contributed by atoms with van der Waals surface area (Å²) in [4.78, 5) is 12.4. The lowest BCUT2D eigenvalue weighted by molar-refractivity contribution is -0.412. The van der Waals surface area contributed by atoms with E-state index in [0.29, 0.717) is 17.0 Å². The van der Waals surface area contributed by atoms with Crippen LogP contribution in [-0.2, 0) is 4.79 Å². The number of carbonyl (C=O) groups excluding carboxylic acids is 1. The molecule has 0 aromatic heterocycles. The predicted octanol–water partition coefficient (Wildman–Crippen LogP) is 1.98. The lowest BCUT2D eigenvalue weighted by Crippen LogP contribution is -2.72. The van der Waals surface area contributed by atoms with Gasteiger partial charge in [0.05, 0.1) is 0 Å². The molecule has 2 rings (SSSR count). The first-order chi connectivity index (χ1) is 10.5. The summed E-state index contributed by atoms with van der Waals surface area (Å²) in [5.74, 6) is -5.77. The molecule has 0 spiro atoms. The monoisotopic (exact) mass is 341 g/mol. The van der Waals surface area contributed by atoms with Crippen LogP contribution in [0.1, 0.15) is 24.8 Å². The normalized spacial score (nSPS) is 25.8. The Morgan fingerprint density at radius 3 is 2.35 bits per heavy atom. The molecule has 3 unspecified atom stereocenters. The topological polar surface area (TPSA) is 48.0 Å². The zero-order chi connectivity index (χ0) is 17.5. The third-order valence-electron chi connectivity index (χ3n) is 4.04. The van der Waals surface area contributed by atoms with Crippen LogP contribution in [0.15, 0.2) is 12.1 Å². The molecule has 1 aliphatic rings. The second-order valence-corrected chi connectivity index (χ2v) is 5.62. The molecular formula is C14H15F6N2O+. The van der Waals surface area contributed by atoms with Gasteiger partial charge in [-0.05, 0) is 19.1 Å². The Bertz CT molecular complexity index is 618. The van der Waals surface area contributed by atoms with Crippen LogP contribution in [0, 0.1) is 17.5 Å². The van der Waals surface area contributed by atoms with Gasteiger partial charge in [0.2, 0.25) is 0 Å². The lowest BCUT2D eigenvalue weighted by Gasteiger charge is -2.41. The molecule has 23 heavy (non-hydrogen) atoms. The highest BCUT2D eigenvalue weighted by molar-refractivity contribution is 5.82. The van der Waals surface area contributed by atoms with Crippen LogP contribution < -0.4 is 5.73 Å². The highest BCUT2D eigenvalue weighted by Gasteiger charge is 2.46. The number of benzene rings is 1. The molecule has 3 N–H and O–H groups in total. The van der Waals surface area contributed by atoms with Crippen molar-refractivity contribution in [3.05, 3.63) is 35.1 Å². The summed E-state index contributed by atoms with van der Waals surface area (Å²) in [5.41, 5.74) is 2.81. The standard InChI is InChI=1S/C14H14F6N2O/c1-6-7(11-8(15)2-3-9(16)12(11)17)4-10(21)13(23)22(6)5-14(18,19)20/h2-3,6-7,10H,4-5,21H2,1H3/p+1. The molecule has 0 radical (unpaired) electrons. The second kappa shape index (κ2) is 6.03. The van der Waals surface area contributed by atoms with Gasteiger partial charge in [-0.25, -0.2) is 13.2 Å². The fourth-order valence-electron chi connectivity index (χ4n) is 2.91. The van der Waals surface area contributed by atoms with Crippen molar-refractivity contribution in [3.8, 4) is 0 Å². The van der Waals surface area contributed by atoms with E-state index >= 15 is 0 Å². The smallest absolute Gasteiger partial charge is 0.347 e. The van der Waals surface area contributed by atoms with Crippen LogP contribution in [0.3, 0.4) is 0 Å². The molecule has 3 nitrogen and oxygen atoms in total. The van der Waals surface area contributed by atoms with Crippen molar-refractivity contribution in [1.82, 2.24) is 4.90 Å². The number of quaternary nitrogens is 1. The van der Waals surface area contributed by atoms with Gasteiger partial charge in [0.25, 0.3) is 5.91 Å². The molecule has 1 amide bonds. The van der Waals surface area contributed by atoms with E-state index in [1.165, 1.54) is 6.92 Å². The van der Waals surface area contributed by atoms with Crippen LogP contribution in [0.2, 0.25) is 0 Å². The first-order valence-electron chi connectivity index (χ1n) is 6.86. The molecule has 0 bridgehead atoms. The summed E-state index contributed by atoms with van der Waals surface area (Å²) in [6.45, 7) is -0.294. The zero-order valence-electron chi connectivity index (χ0n) is 12.1. The number of alkyl halides is 3. The Hall–Kier alpha value is -1.77. The van der Waals surface area contributed by atoms with E-state index in [1.807, 2.05) is 0 Å². The number of rotatable bonds is 2. The van der Waals surface area contributed by atoms with Crippen LogP contribution >= 0.6 is 0 Å². The third-order valence-corrected chi connectivity index (χ3v) is 4.04. The molecule has 9 heteroatoms. The molecular weight excluding hydrogens is 326 g/mol. The average molecular weight is 341 g/mol. The van der Waals surface area contributed by atoms with Gasteiger partial charge < -0.3 is 10.6 Å². The fraction of sp³-hybridized carbons (Fsp3) is 0.500. The summed E-state index contributed by atoms with van der Waals surface area (Å²) in [7, 11) is 0. The van der Waals surface area contributed by atoms with Crippen molar-refractivity contribution in [1.29, 1.82) is 0 Å². The maximum atomic E-state index is 13.9. The van der Waals surface area contributed by atoms with Crippen molar-refractivity contribution in [2.45, 2.75) is 37.5 Å². The summed E-state index contributed by atoms with van der Waals surface area (Å²) < 4.78 is 79.2. The molecule has 3 atom stereocenters. The van der Waals surface area contributed by atoms with E-state index in [9.17, 15) is 31.1 Å². The van der Waals surface area contributed by atoms with E-state index in [1.54, 1.807) is 0 Å². The summed E-state index contributed by atoms with van der Waals surface area (Å²) in [6, 6.07) is -0.932. The van der Waals surface area contributed by atoms with Gasteiger partial charge in [0.1, 0.15) is 12.4 Å². The fourth-order valence-corrected chi connectivity index (χ4v) is 2.91. The maximum absolute atomic E-state index is 13.9. The zero-order valence-corrected chi connectivity index (χ0v) is 12.1. The van der Waals surface area contributed by atoms with Gasteiger partial charge in [-0.1, -0.05) is 0 Å². The largest absolute Gasteiger partial charge is 0.406 e. The van der Waals surface area contributed by atoms with Crippen molar-refractivity contribution >= 4 is 5.91 Å². The predicted molar refractivity (Wildman–Crippen MR) is 67.6 cm³/mol. The number of halogens is 6. The number of carbonyl (C=O) groups is 1. The SMILES string of the molecule is CC1C(c2c(F)ccc(F)c2F)CC([NH3+])C(=O)N1CC(F)(F)F. The minimum atomic E-state index is -4.66. The summed E-state index contributed by atoms with van der Waals surface area (Å²) in [6.07, 6.45) is -4.82. The lowest BCUT2D eigenvalue weighted by atomic mass is 9.81. The quantitative estimate of drug-likeness (QED) is 0.649. The summed E-state index contributed by atoms with van der Waals surface area (Å²) in [5, 5.41) is 0. The molecule has 1 aromatic carbocycles. The molecule has 0 aliphatic carbocycles. The average Bonchev–Trinajstić information content (AvgIpc) is 2.44. The van der Waals surface area contributed by atoms with Gasteiger partial charge in [-0.3, -0.25) is 4.79 Å². The molecule has 1 heterocycles. The van der Waals surface area contributed by atoms with E-state index in [4.69, 9.17) is 0 Å². The van der Waals surface area contributed by atoms with Crippen LogP contribution in [0.4, 0.5) is 26.3 Å². The van der Waals surface area contributed by atoms with Crippen LogP contribution in [-0.4, -0.2) is 35.6 Å². The second-order valence-electron chi connectivity index (χ2n) is 5.62. The van der Waals surface area contributed by atoms with Crippen LogP contribution in [0.25, 0.3) is 0 Å². The highest BCUT2D eigenvalue weighted by Crippen LogP contribution is 2.37. The van der Waals surface area contributed by atoms with E-state index in [0.717, 1.165) is 0 Å². The molecule has 128 valence electrons. The Balaban J connectivity index is 2.44. The highest BCUT2D eigenvalue weighted by atomic mass is 19.4. The van der Waals surface area contributed by atoms with Gasteiger partial charge in [0, 0.05) is 23.9 Å². The van der Waals surface area contributed by atoms with E-state index in [2.05, 4.69) is 5.73 Å². The molecule has 1 fully saturated rings. The number of nitrogens with zero attached hydrogens (tertiary/aromatic N) is 1. The molecule has 1 aliphatic heterocycles. The van der Waals surface area contributed by atoms with Crippen molar-refractivity contribution in [3.63, 3.8) is 0 Å². The summed E-state index contributed by atoms with van der Waals surface area (Å²) >= 11 is 0. The van der Waals surface area contributed by atoms with Gasteiger partial charge in [-0.15, -0.1) is 0 Å². The van der Waals surface area contributed by atoms with Crippen molar-refractivity contribution < 1.29 is 36.9 Å². The minimum absolute atomic E-state index is 0.161. The third kappa shape index (κ3) is 3.44. The Labute approximate surface area is 128 Å². The van der Waals surface area contributed by atoms with Crippen LogP contribution in [0.5, 0.6) is 0 Å². The van der Waals surface area contributed by atoms with Crippen molar-refractivity contribution in [2.24, 2.45) is 0 Å². The van der Waals surface area contributed by atoms with E-state index < -0.39 is 59.6 Å². The number of likely N-dealkylation sites (tertiary alicyclic amines) is 1. The number of hydrogen-bond acceptors (Lipinski definition) is 1. The van der Waals surface area contributed by atoms with Gasteiger partial charge in [0.15, 0.2) is 17.7 Å². The Kier molecular flexibility index (Phi) is 4.61. The van der Waals surface area contributed by atoms with E-state index in [-0.39, 0.29) is 6.42 Å². The first kappa shape index (κ1) is 17.6. The Morgan fingerprint density at radius 2 is 1.78 bits per heavy atom. The number of piperidine rings is 1. The number of amides is 1. The minimum Gasteiger partial charge on any atom is -0.347 e. The van der Waals surface area contributed by atoms with Gasteiger partial charge >= 0.3 is 6.18 Å². The van der Waals surface area contributed by atoms with Gasteiger partial charge in [-0.2, -0.15) is 13.2 Å². The molecule has 1 saturated heterocycles.